The number of fused-ring (bicyclic) bond motifs is 1. The Morgan fingerprint density at radius 1 is 0.947 bits per heavy atom. The van der Waals surface area contributed by atoms with Crippen molar-refractivity contribution in [3.63, 3.8) is 0 Å². The van der Waals surface area contributed by atoms with Gasteiger partial charge in [0.2, 0.25) is 0 Å². The molecule has 0 aliphatic heterocycles. The first-order valence-electron chi connectivity index (χ1n) is 7.02. The van der Waals surface area contributed by atoms with Crippen LogP contribution in [0.3, 0.4) is 0 Å². The van der Waals surface area contributed by atoms with Gasteiger partial charge in [-0.05, 0) is 34.6 Å². The summed E-state index contributed by atoms with van der Waals surface area (Å²) in [7, 11) is 0. The van der Waals surface area contributed by atoms with Crippen molar-refractivity contribution < 1.29 is 5.11 Å². The maximum Gasteiger partial charge on any atom is 0.0861 e. The number of hydrogen-bond donors (Lipinski definition) is 1. The van der Waals surface area contributed by atoms with Gasteiger partial charge >= 0.3 is 0 Å². The summed E-state index contributed by atoms with van der Waals surface area (Å²) in [5, 5.41) is 10.5. The van der Waals surface area contributed by atoms with E-state index in [1.165, 1.54) is 16.7 Å². The summed E-state index contributed by atoms with van der Waals surface area (Å²) < 4.78 is 0. The summed E-state index contributed by atoms with van der Waals surface area (Å²) in [6.45, 7) is 4.38. The van der Waals surface area contributed by atoms with E-state index in [9.17, 15) is 5.11 Å². The fourth-order valence-corrected chi connectivity index (χ4v) is 2.89. The van der Waals surface area contributed by atoms with Crippen molar-refractivity contribution in [1.82, 2.24) is 0 Å². The standard InChI is InChI=1S/C18H20O/c1-12(2)13-7-9-14(10-8-13)18(19)17-11-15-5-3-4-6-16(15)17/h3-10,12,17-19H,11H2,1-2H3. The Kier molecular flexibility index (Phi) is 3.16. The van der Waals surface area contributed by atoms with E-state index < -0.39 is 0 Å². The average molecular weight is 252 g/mol. The van der Waals surface area contributed by atoms with Crippen LogP contribution >= 0.6 is 0 Å². The Labute approximate surface area is 114 Å². The lowest BCUT2D eigenvalue weighted by Gasteiger charge is -2.34. The SMILES string of the molecule is CC(C)c1ccc(C(O)C2Cc3ccccc32)cc1. The van der Waals surface area contributed by atoms with Gasteiger partial charge in [-0.1, -0.05) is 62.4 Å². The van der Waals surface area contributed by atoms with Gasteiger partial charge in [0.15, 0.2) is 0 Å². The van der Waals surface area contributed by atoms with Crippen LogP contribution in [0.5, 0.6) is 0 Å². The Morgan fingerprint density at radius 3 is 2.21 bits per heavy atom. The van der Waals surface area contributed by atoms with Crippen molar-refractivity contribution in [2.75, 3.05) is 0 Å². The largest absolute Gasteiger partial charge is 0.388 e. The van der Waals surface area contributed by atoms with Gasteiger partial charge in [0.05, 0.1) is 6.10 Å². The molecular weight excluding hydrogens is 232 g/mol. The van der Waals surface area contributed by atoms with E-state index in [2.05, 4.69) is 62.4 Å². The molecule has 2 aromatic rings. The number of aliphatic hydroxyl groups is 1. The highest BCUT2D eigenvalue weighted by Crippen LogP contribution is 2.43. The second kappa shape index (κ2) is 4.82. The van der Waals surface area contributed by atoms with Crippen molar-refractivity contribution in [3.05, 3.63) is 70.8 Å². The van der Waals surface area contributed by atoms with Crippen molar-refractivity contribution >= 4 is 0 Å². The van der Waals surface area contributed by atoms with E-state index in [-0.39, 0.29) is 12.0 Å². The third-order valence-corrected chi connectivity index (χ3v) is 4.22. The van der Waals surface area contributed by atoms with Gasteiger partial charge in [-0.15, -0.1) is 0 Å². The monoisotopic (exact) mass is 252 g/mol. The van der Waals surface area contributed by atoms with Crippen LogP contribution in [-0.4, -0.2) is 5.11 Å². The average Bonchev–Trinajstić information content (AvgIpc) is 2.40. The lowest BCUT2D eigenvalue weighted by molar-refractivity contribution is 0.134. The molecule has 3 rings (SSSR count). The smallest absolute Gasteiger partial charge is 0.0861 e. The van der Waals surface area contributed by atoms with Gasteiger partial charge in [-0.25, -0.2) is 0 Å². The van der Waals surface area contributed by atoms with Gasteiger partial charge < -0.3 is 5.11 Å². The predicted octanol–water partition coefficient (Wildman–Crippen LogP) is 4.18. The van der Waals surface area contributed by atoms with E-state index >= 15 is 0 Å². The van der Waals surface area contributed by atoms with Crippen molar-refractivity contribution in [2.24, 2.45) is 0 Å². The molecule has 0 saturated carbocycles. The molecule has 0 spiro atoms. The molecule has 0 saturated heterocycles. The number of benzene rings is 2. The summed E-state index contributed by atoms with van der Waals surface area (Å²) in [6, 6.07) is 16.8. The van der Waals surface area contributed by atoms with Crippen LogP contribution in [0.4, 0.5) is 0 Å². The second-order valence-corrected chi connectivity index (χ2v) is 5.78. The first kappa shape index (κ1) is 12.4. The molecular formula is C18H20O. The summed E-state index contributed by atoms with van der Waals surface area (Å²) in [6.07, 6.45) is 0.611. The zero-order valence-electron chi connectivity index (χ0n) is 11.5. The first-order chi connectivity index (χ1) is 9.16. The molecule has 2 unspecified atom stereocenters. The van der Waals surface area contributed by atoms with E-state index in [4.69, 9.17) is 0 Å². The Bertz CT molecular complexity index is 568. The Morgan fingerprint density at radius 2 is 1.58 bits per heavy atom. The molecule has 0 amide bonds. The Hall–Kier alpha value is -1.60. The van der Waals surface area contributed by atoms with Crippen LogP contribution in [0.1, 0.15) is 54.0 Å². The van der Waals surface area contributed by atoms with Gasteiger partial charge in [-0.3, -0.25) is 0 Å². The third kappa shape index (κ3) is 2.19. The molecule has 1 aliphatic carbocycles. The molecule has 0 bridgehead atoms. The highest BCUT2D eigenvalue weighted by molar-refractivity contribution is 5.42. The molecule has 1 aliphatic rings. The zero-order chi connectivity index (χ0) is 13.4. The first-order valence-corrected chi connectivity index (χ1v) is 7.02. The van der Waals surface area contributed by atoms with Crippen LogP contribution in [0.25, 0.3) is 0 Å². The van der Waals surface area contributed by atoms with Gasteiger partial charge in [-0.2, -0.15) is 0 Å². The summed E-state index contributed by atoms with van der Waals surface area (Å²) in [5.41, 5.74) is 5.04. The fourth-order valence-electron chi connectivity index (χ4n) is 2.89. The van der Waals surface area contributed by atoms with Crippen LogP contribution in [0.15, 0.2) is 48.5 Å². The topological polar surface area (TPSA) is 20.2 Å². The minimum atomic E-state index is -0.379. The third-order valence-electron chi connectivity index (χ3n) is 4.22. The summed E-state index contributed by atoms with van der Waals surface area (Å²) in [4.78, 5) is 0. The van der Waals surface area contributed by atoms with Gasteiger partial charge in [0.1, 0.15) is 0 Å². The Balaban J connectivity index is 1.80. The molecule has 2 atom stereocenters. The second-order valence-electron chi connectivity index (χ2n) is 5.78. The predicted molar refractivity (Wildman–Crippen MR) is 78.4 cm³/mol. The molecule has 98 valence electrons. The van der Waals surface area contributed by atoms with Crippen LogP contribution in [-0.2, 0) is 6.42 Å². The molecule has 0 aromatic heterocycles. The minimum Gasteiger partial charge on any atom is -0.388 e. The van der Waals surface area contributed by atoms with Crippen molar-refractivity contribution in [3.8, 4) is 0 Å². The summed E-state index contributed by atoms with van der Waals surface area (Å²) in [5.74, 6) is 0.803. The summed E-state index contributed by atoms with van der Waals surface area (Å²) >= 11 is 0. The molecule has 1 nitrogen and oxygen atoms in total. The highest BCUT2D eigenvalue weighted by atomic mass is 16.3. The highest BCUT2D eigenvalue weighted by Gasteiger charge is 2.32. The van der Waals surface area contributed by atoms with E-state index in [0.29, 0.717) is 5.92 Å². The number of aliphatic hydroxyl groups excluding tert-OH is 1. The van der Waals surface area contributed by atoms with Gasteiger partial charge in [0, 0.05) is 5.92 Å². The molecule has 1 heteroatoms. The zero-order valence-corrected chi connectivity index (χ0v) is 11.5. The maximum atomic E-state index is 10.5. The fraction of sp³-hybridized carbons (Fsp3) is 0.333. The normalized spacial score (nSPS) is 18.8. The molecule has 19 heavy (non-hydrogen) atoms. The van der Waals surface area contributed by atoms with Crippen LogP contribution in [0, 0.1) is 0 Å². The molecule has 1 N–H and O–H groups in total. The quantitative estimate of drug-likeness (QED) is 0.868. The van der Waals surface area contributed by atoms with E-state index in [0.717, 1.165) is 12.0 Å². The van der Waals surface area contributed by atoms with Crippen LogP contribution in [0.2, 0.25) is 0 Å². The lowest BCUT2D eigenvalue weighted by Crippen LogP contribution is -2.23. The molecule has 0 fully saturated rings. The molecule has 0 radical (unpaired) electrons. The number of hydrogen-bond acceptors (Lipinski definition) is 1. The lowest BCUT2D eigenvalue weighted by atomic mass is 9.73. The number of rotatable bonds is 3. The van der Waals surface area contributed by atoms with Gasteiger partial charge in [0.25, 0.3) is 0 Å². The maximum absolute atomic E-state index is 10.5. The van der Waals surface area contributed by atoms with Crippen molar-refractivity contribution in [1.29, 1.82) is 0 Å². The van der Waals surface area contributed by atoms with Crippen molar-refractivity contribution in [2.45, 2.75) is 38.2 Å². The van der Waals surface area contributed by atoms with Crippen LogP contribution < -0.4 is 0 Å². The minimum absolute atomic E-state index is 0.265. The van der Waals surface area contributed by atoms with E-state index in [1.807, 2.05) is 0 Å². The molecule has 2 aromatic carbocycles. The van der Waals surface area contributed by atoms with E-state index in [1.54, 1.807) is 0 Å². The molecule has 0 heterocycles.